The van der Waals surface area contributed by atoms with Gasteiger partial charge in [-0.05, 0) is 60.3 Å². The zero-order valence-corrected chi connectivity index (χ0v) is 21.5. The van der Waals surface area contributed by atoms with Crippen LogP contribution in [0.2, 0.25) is 0 Å². The lowest BCUT2D eigenvalue weighted by Crippen LogP contribution is -2.47. The highest BCUT2D eigenvalue weighted by atomic mass is 32.2. The van der Waals surface area contributed by atoms with Gasteiger partial charge in [-0.25, -0.2) is 8.42 Å². The summed E-state index contributed by atoms with van der Waals surface area (Å²) >= 11 is 0. The van der Waals surface area contributed by atoms with Crippen molar-refractivity contribution >= 4 is 21.8 Å². The van der Waals surface area contributed by atoms with Crippen molar-refractivity contribution in [2.75, 3.05) is 26.2 Å². The van der Waals surface area contributed by atoms with Gasteiger partial charge in [-0.15, -0.1) is 0 Å². The van der Waals surface area contributed by atoms with Crippen LogP contribution in [-0.4, -0.2) is 70.9 Å². The molecule has 2 saturated heterocycles. The summed E-state index contributed by atoms with van der Waals surface area (Å²) in [5.74, 6) is -0.447. The fraction of sp³-hybridized carbons (Fsp3) is 0.783. The molecule has 1 aromatic heterocycles. The molecule has 1 aromatic rings. The number of carbonyl (C=O) groups is 2. The van der Waals surface area contributed by atoms with E-state index in [0.29, 0.717) is 30.8 Å². The number of amides is 2. The standard InChI is InChI=1S/C23H39N5O4S/c1-17-21(18(2)28(25-17)16-20(29)24-23(3,4)5)33(31,32)27-14-10-11-19(15-27)22(30)26-12-8-6-7-9-13-26/h19H,6-16H2,1-5H3,(H,24,29)/t19-/m1/s1. The number of aryl methyl sites for hydroxylation is 1. The molecule has 10 heteroatoms. The second kappa shape index (κ2) is 10.1. The van der Waals surface area contributed by atoms with E-state index in [1.54, 1.807) is 13.8 Å². The first-order valence-corrected chi connectivity index (χ1v) is 13.5. The molecule has 186 valence electrons. The lowest BCUT2D eigenvalue weighted by Gasteiger charge is -2.34. The normalized spacial score (nSPS) is 21.0. The monoisotopic (exact) mass is 481 g/mol. The van der Waals surface area contributed by atoms with Crippen LogP contribution in [-0.2, 0) is 26.2 Å². The van der Waals surface area contributed by atoms with E-state index in [4.69, 9.17) is 0 Å². The van der Waals surface area contributed by atoms with E-state index in [0.717, 1.165) is 38.8 Å². The predicted molar refractivity (Wildman–Crippen MR) is 126 cm³/mol. The van der Waals surface area contributed by atoms with Gasteiger partial charge in [0.05, 0.1) is 17.3 Å². The lowest BCUT2D eigenvalue weighted by molar-refractivity contribution is -0.136. The smallest absolute Gasteiger partial charge is 0.246 e. The number of hydrogen-bond acceptors (Lipinski definition) is 5. The van der Waals surface area contributed by atoms with E-state index in [9.17, 15) is 18.0 Å². The summed E-state index contributed by atoms with van der Waals surface area (Å²) in [6.07, 6.45) is 5.69. The average Bonchev–Trinajstić information content (AvgIpc) is 2.90. The summed E-state index contributed by atoms with van der Waals surface area (Å²) in [5, 5.41) is 7.23. The second-order valence-electron chi connectivity index (χ2n) is 10.4. The van der Waals surface area contributed by atoms with Gasteiger partial charge in [-0.3, -0.25) is 14.3 Å². The molecule has 9 nitrogen and oxygen atoms in total. The maximum Gasteiger partial charge on any atom is 0.246 e. The molecule has 0 saturated carbocycles. The number of hydrogen-bond donors (Lipinski definition) is 1. The van der Waals surface area contributed by atoms with Gasteiger partial charge in [0.2, 0.25) is 21.8 Å². The maximum atomic E-state index is 13.6. The van der Waals surface area contributed by atoms with Crippen molar-refractivity contribution in [3.63, 3.8) is 0 Å². The Hall–Kier alpha value is -1.94. The van der Waals surface area contributed by atoms with Gasteiger partial charge >= 0.3 is 0 Å². The number of likely N-dealkylation sites (tertiary alicyclic amines) is 1. The summed E-state index contributed by atoms with van der Waals surface area (Å²) in [4.78, 5) is 27.6. The molecule has 3 rings (SSSR count). The van der Waals surface area contributed by atoms with Crippen molar-refractivity contribution in [1.29, 1.82) is 0 Å². The van der Waals surface area contributed by atoms with E-state index in [1.165, 1.54) is 8.99 Å². The van der Waals surface area contributed by atoms with Crippen LogP contribution in [0.3, 0.4) is 0 Å². The van der Waals surface area contributed by atoms with E-state index in [-0.39, 0.29) is 41.3 Å². The van der Waals surface area contributed by atoms with Crippen molar-refractivity contribution in [3.8, 4) is 0 Å². The lowest BCUT2D eigenvalue weighted by atomic mass is 9.98. The number of rotatable bonds is 5. The summed E-state index contributed by atoms with van der Waals surface area (Å²) in [5.41, 5.74) is 0.430. The van der Waals surface area contributed by atoms with Crippen molar-refractivity contribution in [3.05, 3.63) is 11.4 Å². The first-order chi connectivity index (χ1) is 15.4. The molecule has 3 heterocycles. The van der Waals surface area contributed by atoms with Crippen molar-refractivity contribution in [1.82, 2.24) is 24.3 Å². The topological polar surface area (TPSA) is 105 Å². The number of sulfonamides is 1. The van der Waals surface area contributed by atoms with Crippen molar-refractivity contribution < 1.29 is 18.0 Å². The minimum Gasteiger partial charge on any atom is -0.350 e. The molecular weight excluding hydrogens is 442 g/mol. The molecule has 33 heavy (non-hydrogen) atoms. The molecule has 0 radical (unpaired) electrons. The molecule has 1 atom stereocenters. The predicted octanol–water partition coefficient (Wildman–Crippen LogP) is 2.22. The van der Waals surface area contributed by atoms with Gasteiger partial charge in [0.1, 0.15) is 11.4 Å². The van der Waals surface area contributed by atoms with Crippen LogP contribution in [0.1, 0.15) is 70.7 Å². The van der Waals surface area contributed by atoms with Crippen molar-refractivity contribution in [2.45, 2.75) is 90.1 Å². The molecule has 1 N–H and O–H groups in total. The van der Waals surface area contributed by atoms with Crippen LogP contribution in [0.4, 0.5) is 0 Å². The average molecular weight is 482 g/mol. The van der Waals surface area contributed by atoms with Gasteiger partial charge in [-0.1, -0.05) is 12.8 Å². The third-order valence-electron chi connectivity index (χ3n) is 6.37. The van der Waals surface area contributed by atoms with E-state index in [1.807, 2.05) is 25.7 Å². The van der Waals surface area contributed by atoms with Crippen LogP contribution in [0.25, 0.3) is 0 Å². The minimum atomic E-state index is -3.83. The summed E-state index contributed by atoms with van der Waals surface area (Å²) < 4.78 is 30.1. The SMILES string of the molecule is Cc1nn(CC(=O)NC(C)(C)C)c(C)c1S(=O)(=O)N1CCC[C@@H](C(=O)N2CCCCCC2)C1. The van der Waals surface area contributed by atoms with Gasteiger partial charge in [0, 0.05) is 31.7 Å². The highest BCUT2D eigenvalue weighted by Crippen LogP contribution is 2.29. The minimum absolute atomic E-state index is 0.0461. The van der Waals surface area contributed by atoms with E-state index < -0.39 is 10.0 Å². The highest BCUT2D eigenvalue weighted by Gasteiger charge is 2.37. The number of aromatic nitrogens is 2. The third kappa shape index (κ3) is 6.15. The number of nitrogens with zero attached hydrogens (tertiary/aromatic N) is 4. The van der Waals surface area contributed by atoms with E-state index in [2.05, 4.69) is 10.4 Å². The Labute approximate surface area is 197 Å². The molecule has 2 aliphatic rings. The molecular formula is C23H39N5O4S. The molecule has 2 amide bonds. The quantitative estimate of drug-likeness (QED) is 0.694. The molecule has 0 unspecified atom stereocenters. The van der Waals surface area contributed by atoms with Gasteiger partial charge < -0.3 is 10.2 Å². The Morgan fingerprint density at radius 1 is 1.03 bits per heavy atom. The Morgan fingerprint density at radius 2 is 1.67 bits per heavy atom. The van der Waals surface area contributed by atoms with Crippen LogP contribution in [0.5, 0.6) is 0 Å². The zero-order chi connectivity index (χ0) is 24.4. The molecule has 0 aliphatic carbocycles. The van der Waals surface area contributed by atoms with Crippen LogP contribution < -0.4 is 5.32 Å². The first-order valence-electron chi connectivity index (χ1n) is 12.0. The fourth-order valence-corrected chi connectivity index (χ4v) is 6.74. The molecule has 0 bridgehead atoms. The van der Waals surface area contributed by atoms with Crippen molar-refractivity contribution in [2.24, 2.45) is 5.92 Å². The molecule has 2 fully saturated rings. The Balaban J connectivity index is 1.77. The summed E-state index contributed by atoms with van der Waals surface area (Å²) in [7, 11) is -3.83. The number of carbonyl (C=O) groups excluding carboxylic acids is 2. The van der Waals surface area contributed by atoms with Gasteiger partial charge in [0.15, 0.2) is 0 Å². The van der Waals surface area contributed by atoms with E-state index >= 15 is 0 Å². The Bertz CT molecular complexity index is 972. The third-order valence-corrected chi connectivity index (χ3v) is 8.49. The Kier molecular flexibility index (Phi) is 7.88. The van der Waals surface area contributed by atoms with Crippen LogP contribution in [0.15, 0.2) is 4.90 Å². The Morgan fingerprint density at radius 3 is 2.27 bits per heavy atom. The molecule has 0 spiro atoms. The highest BCUT2D eigenvalue weighted by molar-refractivity contribution is 7.89. The molecule has 2 aliphatic heterocycles. The van der Waals surface area contributed by atoms with Gasteiger partial charge in [-0.2, -0.15) is 9.40 Å². The first kappa shape index (κ1) is 25.7. The second-order valence-corrected chi connectivity index (χ2v) is 12.3. The van der Waals surface area contributed by atoms with Crippen LogP contribution in [0, 0.1) is 19.8 Å². The number of piperidine rings is 1. The zero-order valence-electron chi connectivity index (χ0n) is 20.7. The summed E-state index contributed by atoms with van der Waals surface area (Å²) in [6.45, 7) is 11.1. The largest absolute Gasteiger partial charge is 0.350 e. The summed E-state index contributed by atoms with van der Waals surface area (Å²) in [6, 6.07) is 0. The van der Waals surface area contributed by atoms with Gasteiger partial charge in [0.25, 0.3) is 0 Å². The fourth-order valence-electron chi connectivity index (χ4n) is 4.84. The maximum absolute atomic E-state index is 13.6. The van der Waals surface area contributed by atoms with Crippen LogP contribution >= 0.6 is 0 Å². The molecule has 0 aromatic carbocycles. The number of nitrogens with one attached hydrogen (secondary N) is 1.